The monoisotopic (exact) mass is 344 g/mol. The summed E-state index contributed by atoms with van der Waals surface area (Å²) >= 11 is 0. The summed E-state index contributed by atoms with van der Waals surface area (Å²) in [5.74, 6) is 1.98. The van der Waals surface area contributed by atoms with E-state index >= 15 is 0 Å². The SMILES string of the molecule is CC1CCC(C(C)C)C(C[C@H](N)C2CCCCC2)(C(N)=O)C1.Cl. The number of carbonyl (C=O) groups excluding carboxylic acids is 1. The topological polar surface area (TPSA) is 69.1 Å². The lowest BCUT2D eigenvalue weighted by atomic mass is 9.56. The van der Waals surface area contributed by atoms with E-state index in [0.717, 1.165) is 19.3 Å². The maximum Gasteiger partial charge on any atom is 0.223 e. The summed E-state index contributed by atoms with van der Waals surface area (Å²) in [6.07, 6.45) is 10.5. The molecular formula is C19H37ClN2O. The summed E-state index contributed by atoms with van der Waals surface area (Å²) in [5, 5.41) is 0. The first kappa shape index (κ1) is 20.8. The fourth-order valence-corrected chi connectivity index (χ4v) is 5.36. The minimum Gasteiger partial charge on any atom is -0.369 e. The number of amides is 1. The lowest BCUT2D eigenvalue weighted by Crippen LogP contribution is -2.52. The van der Waals surface area contributed by atoms with Crippen LogP contribution in [0.1, 0.15) is 78.6 Å². The molecule has 3 unspecified atom stereocenters. The van der Waals surface area contributed by atoms with Gasteiger partial charge in [0, 0.05) is 6.04 Å². The van der Waals surface area contributed by atoms with Crippen molar-refractivity contribution in [3.63, 3.8) is 0 Å². The van der Waals surface area contributed by atoms with E-state index in [4.69, 9.17) is 11.5 Å². The number of hydrogen-bond donors (Lipinski definition) is 2. The van der Waals surface area contributed by atoms with Crippen LogP contribution in [0.2, 0.25) is 0 Å². The molecule has 0 radical (unpaired) electrons. The first-order valence-corrected chi connectivity index (χ1v) is 9.42. The molecule has 1 amide bonds. The van der Waals surface area contributed by atoms with Crippen molar-refractivity contribution in [2.24, 2.45) is 40.6 Å². The molecule has 0 aromatic heterocycles. The molecule has 0 aromatic carbocycles. The van der Waals surface area contributed by atoms with Crippen LogP contribution in [0, 0.1) is 29.1 Å². The molecule has 4 heteroatoms. The average Bonchev–Trinajstić information content (AvgIpc) is 2.47. The summed E-state index contributed by atoms with van der Waals surface area (Å²) in [6.45, 7) is 6.75. The van der Waals surface area contributed by atoms with Gasteiger partial charge in [0.25, 0.3) is 0 Å². The van der Waals surface area contributed by atoms with Crippen LogP contribution < -0.4 is 11.5 Å². The third kappa shape index (κ3) is 4.63. The highest BCUT2D eigenvalue weighted by atomic mass is 35.5. The molecule has 0 aliphatic heterocycles. The van der Waals surface area contributed by atoms with Crippen molar-refractivity contribution in [1.29, 1.82) is 0 Å². The van der Waals surface area contributed by atoms with Crippen molar-refractivity contribution < 1.29 is 4.79 Å². The highest BCUT2D eigenvalue weighted by molar-refractivity contribution is 5.85. The second-order valence-electron chi connectivity index (χ2n) is 8.52. The number of halogens is 1. The van der Waals surface area contributed by atoms with Crippen LogP contribution in [0.3, 0.4) is 0 Å². The predicted molar refractivity (Wildman–Crippen MR) is 99.4 cm³/mol. The van der Waals surface area contributed by atoms with Gasteiger partial charge in [-0.05, 0) is 55.8 Å². The van der Waals surface area contributed by atoms with Gasteiger partial charge in [-0.15, -0.1) is 12.4 Å². The fourth-order valence-electron chi connectivity index (χ4n) is 5.36. The molecule has 2 aliphatic rings. The molecule has 2 fully saturated rings. The van der Waals surface area contributed by atoms with Crippen molar-refractivity contribution in [2.45, 2.75) is 84.6 Å². The van der Waals surface area contributed by atoms with E-state index in [1.807, 2.05) is 0 Å². The number of carbonyl (C=O) groups is 1. The van der Waals surface area contributed by atoms with Gasteiger partial charge >= 0.3 is 0 Å². The fraction of sp³-hybridized carbons (Fsp3) is 0.947. The van der Waals surface area contributed by atoms with Crippen LogP contribution in [-0.4, -0.2) is 11.9 Å². The summed E-state index contributed by atoms with van der Waals surface area (Å²) in [5.41, 5.74) is 12.2. The van der Waals surface area contributed by atoms with Gasteiger partial charge in [0.2, 0.25) is 5.91 Å². The van der Waals surface area contributed by atoms with Gasteiger partial charge in [0.05, 0.1) is 5.41 Å². The third-order valence-electron chi connectivity index (χ3n) is 6.54. The largest absolute Gasteiger partial charge is 0.369 e. The second-order valence-corrected chi connectivity index (χ2v) is 8.52. The van der Waals surface area contributed by atoms with Crippen LogP contribution in [0.15, 0.2) is 0 Å². The van der Waals surface area contributed by atoms with Gasteiger partial charge in [-0.1, -0.05) is 46.5 Å². The van der Waals surface area contributed by atoms with Crippen LogP contribution >= 0.6 is 12.4 Å². The van der Waals surface area contributed by atoms with Gasteiger partial charge in [-0.2, -0.15) is 0 Å². The summed E-state index contributed by atoms with van der Waals surface area (Å²) in [7, 11) is 0. The number of hydrogen-bond acceptors (Lipinski definition) is 2. The van der Waals surface area contributed by atoms with Gasteiger partial charge in [-0.3, -0.25) is 4.79 Å². The highest BCUT2D eigenvalue weighted by Crippen LogP contribution is 2.50. The molecule has 4 atom stereocenters. The van der Waals surface area contributed by atoms with Crippen molar-refractivity contribution in [2.75, 3.05) is 0 Å². The molecule has 23 heavy (non-hydrogen) atoms. The zero-order valence-electron chi connectivity index (χ0n) is 15.2. The molecule has 3 nitrogen and oxygen atoms in total. The molecule has 4 N–H and O–H groups in total. The third-order valence-corrected chi connectivity index (χ3v) is 6.54. The van der Waals surface area contributed by atoms with Crippen molar-refractivity contribution in [3.8, 4) is 0 Å². The van der Waals surface area contributed by atoms with Crippen LogP contribution in [0.5, 0.6) is 0 Å². The summed E-state index contributed by atoms with van der Waals surface area (Å²) < 4.78 is 0. The molecule has 2 aliphatic carbocycles. The van der Waals surface area contributed by atoms with E-state index in [-0.39, 0.29) is 29.8 Å². The maximum atomic E-state index is 12.5. The minimum atomic E-state index is -0.372. The Hall–Kier alpha value is -0.280. The lowest BCUT2D eigenvalue weighted by Gasteiger charge is -2.48. The van der Waals surface area contributed by atoms with E-state index in [1.165, 1.54) is 38.5 Å². The van der Waals surface area contributed by atoms with Gasteiger partial charge < -0.3 is 11.5 Å². The maximum absolute atomic E-state index is 12.5. The van der Waals surface area contributed by atoms with Crippen LogP contribution in [0.4, 0.5) is 0 Å². The Morgan fingerprint density at radius 2 is 1.74 bits per heavy atom. The van der Waals surface area contributed by atoms with E-state index in [1.54, 1.807) is 0 Å². The normalized spacial score (nSPS) is 34.0. The van der Waals surface area contributed by atoms with Gasteiger partial charge in [0.15, 0.2) is 0 Å². The smallest absolute Gasteiger partial charge is 0.223 e. The Labute approximate surface area is 148 Å². The van der Waals surface area contributed by atoms with Crippen molar-refractivity contribution in [1.82, 2.24) is 0 Å². The van der Waals surface area contributed by atoms with Crippen LogP contribution in [0.25, 0.3) is 0 Å². The molecule has 136 valence electrons. The van der Waals surface area contributed by atoms with Crippen molar-refractivity contribution in [3.05, 3.63) is 0 Å². The molecule has 2 rings (SSSR count). The summed E-state index contributed by atoms with van der Waals surface area (Å²) in [6, 6.07) is 0.138. The van der Waals surface area contributed by atoms with Crippen molar-refractivity contribution >= 4 is 18.3 Å². The zero-order chi connectivity index (χ0) is 16.3. The van der Waals surface area contributed by atoms with E-state index in [9.17, 15) is 4.79 Å². The van der Waals surface area contributed by atoms with E-state index < -0.39 is 0 Å². The zero-order valence-corrected chi connectivity index (χ0v) is 16.0. The second kappa shape index (κ2) is 8.71. The standard InChI is InChI=1S/C19H36N2O.ClH/c1-13(2)16-10-9-14(3)11-19(16,18(21)22)12-17(20)15-7-5-4-6-8-15;/h13-17H,4-12,20H2,1-3H3,(H2,21,22);1H/t14?,16?,17-,19?;/m0./s1. The minimum absolute atomic E-state index is 0. The Morgan fingerprint density at radius 1 is 1.13 bits per heavy atom. The molecule has 0 bridgehead atoms. The molecule has 0 saturated heterocycles. The average molecular weight is 345 g/mol. The predicted octanol–water partition coefficient (Wildman–Crippen LogP) is 4.27. The molecule has 2 saturated carbocycles. The Kier molecular flexibility index (Phi) is 7.86. The number of nitrogens with two attached hydrogens (primary N) is 2. The first-order chi connectivity index (χ1) is 10.4. The number of primary amides is 1. The number of rotatable bonds is 5. The first-order valence-electron chi connectivity index (χ1n) is 9.42. The molecular weight excluding hydrogens is 308 g/mol. The quantitative estimate of drug-likeness (QED) is 0.781. The Morgan fingerprint density at radius 3 is 2.26 bits per heavy atom. The van der Waals surface area contributed by atoms with Gasteiger partial charge in [-0.25, -0.2) is 0 Å². The Bertz CT molecular complexity index is 382. The highest BCUT2D eigenvalue weighted by Gasteiger charge is 2.49. The lowest BCUT2D eigenvalue weighted by molar-refractivity contribution is -0.138. The molecule has 0 aromatic rings. The molecule has 0 spiro atoms. The van der Waals surface area contributed by atoms with E-state index in [0.29, 0.717) is 23.7 Å². The van der Waals surface area contributed by atoms with Gasteiger partial charge in [0.1, 0.15) is 0 Å². The Balaban J connectivity index is 0.00000264. The molecule has 0 heterocycles. The van der Waals surface area contributed by atoms with E-state index in [2.05, 4.69) is 20.8 Å². The summed E-state index contributed by atoms with van der Waals surface area (Å²) in [4.78, 5) is 12.5. The van der Waals surface area contributed by atoms with Crippen LogP contribution in [-0.2, 0) is 4.79 Å².